The second kappa shape index (κ2) is 11.6. The molecule has 1 spiro atoms. The number of carbonyl (C=O) groups is 2. The maximum absolute atomic E-state index is 12.9. The Morgan fingerprint density at radius 3 is 2.17 bits per heavy atom. The van der Waals surface area contributed by atoms with Crippen molar-refractivity contribution in [2.24, 2.45) is 17.8 Å². The third-order valence-corrected chi connectivity index (χ3v) is 9.27. The number of piperidine rings is 2. The van der Waals surface area contributed by atoms with Crippen LogP contribution in [0.3, 0.4) is 0 Å². The summed E-state index contributed by atoms with van der Waals surface area (Å²) < 4.78 is 83.0. The maximum atomic E-state index is 12.9. The number of amides is 2. The molecule has 2 amide bonds. The molecule has 3 aliphatic heterocycles. The fourth-order valence-electron chi connectivity index (χ4n) is 6.75. The van der Waals surface area contributed by atoms with Crippen molar-refractivity contribution in [1.29, 1.82) is 0 Å². The van der Waals surface area contributed by atoms with Crippen molar-refractivity contribution < 1.29 is 40.7 Å². The Morgan fingerprint density at radius 1 is 0.951 bits per heavy atom. The number of carbonyl (C=O) groups excluding carboxylic acids is 2. The molecule has 1 aromatic rings. The van der Waals surface area contributed by atoms with Crippen LogP contribution in [0.15, 0.2) is 18.3 Å². The summed E-state index contributed by atoms with van der Waals surface area (Å²) in [6.45, 7) is 3.13. The zero-order valence-electron chi connectivity index (χ0n) is 22.9. The van der Waals surface area contributed by atoms with Crippen molar-refractivity contribution in [2.75, 3.05) is 39.3 Å². The number of hydrogen-bond acceptors (Lipinski definition) is 5. The highest BCUT2D eigenvalue weighted by Crippen LogP contribution is 2.38. The number of halogens is 6. The van der Waals surface area contributed by atoms with Gasteiger partial charge in [-0.15, -0.1) is 0 Å². The van der Waals surface area contributed by atoms with Gasteiger partial charge >= 0.3 is 18.4 Å². The Bertz CT molecular complexity index is 1070. The van der Waals surface area contributed by atoms with Gasteiger partial charge in [-0.1, -0.05) is 6.07 Å². The predicted molar refractivity (Wildman–Crippen MR) is 135 cm³/mol. The Morgan fingerprint density at radius 2 is 1.61 bits per heavy atom. The molecule has 0 N–H and O–H groups in total. The van der Waals surface area contributed by atoms with Gasteiger partial charge in [0, 0.05) is 64.2 Å². The summed E-state index contributed by atoms with van der Waals surface area (Å²) in [6.07, 6.45) is -3.65. The van der Waals surface area contributed by atoms with Gasteiger partial charge in [-0.2, -0.15) is 26.3 Å². The van der Waals surface area contributed by atoms with Crippen LogP contribution in [0.1, 0.15) is 62.6 Å². The molecule has 4 aliphatic rings. The topological polar surface area (TPSA) is 66.0 Å². The molecule has 0 bridgehead atoms. The van der Waals surface area contributed by atoms with Crippen LogP contribution in [0.5, 0.6) is 0 Å². The summed E-state index contributed by atoms with van der Waals surface area (Å²) in [5.41, 5.74) is -0.790. The number of likely N-dealkylation sites (tertiary alicyclic amines) is 2. The Hall–Kier alpha value is -2.57. The van der Waals surface area contributed by atoms with Crippen LogP contribution in [0, 0.1) is 17.8 Å². The highest BCUT2D eigenvalue weighted by Gasteiger charge is 2.48. The number of ether oxygens (including phenoxy) is 1. The van der Waals surface area contributed by atoms with E-state index in [1.54, 1.807) is 9.80 Å². The summed E-state index contributed by atoms with van der Waals surface area (Å²) in [6, 6.07) is 2.43. The molecule has 1 aromatic heterocycles. The first-order valence-electron chi connectivity index (χ1n) is 14.4. The maximum Gasteiger partial charge on any atom is 0.433 e. The second-order valence-electron chi connectivity index (χ2n) is 12.1. The van der Waals surface area contributed by atoms with Crippen molar-refractivity contribution in [3.63, 3.8) is 0 Å². The lowest BCUT2D eigenvalue weighted by atomic mass is 9.80. The monoisotopic (exact) mass is 590 g/mol. The highest BCUT2D eigenvalue weighted by atomic mass is 19.4. The van der Waals surface area contributed by atoms with Gasteiger partial charge in [0.05, 0.1) is 12.5 Å². The molecule has 5 rings (SSSR count). The largest absolute Gasteiger partial charge is 0.441 e. The third kappa shape index (κ3) is 7.09. The van der Waals surface area contributed by atoms with E-state index < -0.39 is 29.6 Å². The molecule has 13 heteroatoms. The molecule has 41 heavy (non-hydrogen) atoms. The van der Waals surface area contributed by atoms with Gasteiger partial charge in [-0.05, 0) is 56.1 Å². The lowest BCUT2D eigenvalue weighted by Crippen LogP contribution is -2.47. The van der Waals surface area contributed by atoms with Crippen molar-refractivity contribution in [3.05, 3.63) is 29.6 Å². The standard InChI is InChI=1S/C28H36F6N4O3/c29-27(30,31)22-7-11-37(12-8-22)24(39)21-4-1-19(2-5-21)17-38-18-26(41-25(38)40)9-13-36(14-10-26)16-20-3-6-23(35-15-20)28(32,33)34/h3,6,15,19,21-22H,1-2,4-5,7-14,16-18H2/t19-,21-. The molecule has 7 nitrogen and oxygen atoms in total. The number of aromatic nitrogens is 1. The zero-order valence-corrected chi connectivity index (χ0v) is 22.9. The smallest absolute Gasteiger partial charge is 0.433 e. The van der Waals surface area contributed by atoms with E-state index in [9.17, 15) is 35.9 Å². The fraction of sp³-hybridized carbons (Fsp3) is 0.750. The van der Waals surface area contributed by atoms with Gasteiger partial charge in [-0.3, -0.25) is 14.7 Å². The van der Waals surface area contributed by atoms with Gasteiger partial charge in [0.15, 0.2) is 0 Å². The molecule has 228 valence electrons. The second-order valence-corrected chi connectivity index (χ2v) is 12.1. The van der Waals surface area contributed by atoms with Crippen LogP contribution < -0.4 is 0 Å². The van der Waals surface area contributed by atoms with Crippen LogP contribution in [0.2, 0.25) is 0 Å². The molecule has 3 saturated heterocycles. The summed E-state index contributed by atoms with van der Waals surface area (Å²) in [5, 5.41) is 0. The molecule has 1 saturated carbocycles. The molecular formula is C28H36F6N4O3. The predicted octanol–water partition coefficient (Wildman–Crippen LogP) is 5.49. The summed E-state index contributed by atoms with van der Waals surface area (Å²) in [4.78, 5) is 34.6. The van der Waals surface area contributed by atoms with E-state index in [2.05, 4.69) is 9.88 Å². The van der Waals surface area contributed by atoms with E-state index in [1.165, 1.54) is 12.3 Å². The van der Waals surface area contributed by atoms with Crippen molar-refractivity contribution >= 4 is 12.0 Å². The normalized spacial score (nSPS) is 26.4. The van der Waals surface area contributed by atoms with Crippen LogP contribution in [0.25, 0.3) is 0 Å². The van der Waals surface area contributed by atoms with Crippen LogP contribution in [-0.4, -0.2) is 82.7 Å². The summed E-state index contributed by atoms with van der Waals surface area (Å²) in [5.74, 6) is -1.29. The van der Waals surface area contributed by atoms with E-state index in [1.807, 2.05) is 0 Å². The molecular weight excluding hydrogens is 554 g/mol. The van der Waals surface area contributed by atoms with Gasteiger partial charge in [0.2, 0.25) is 5.91 Å². The minimum Gasteiger partial charge on any atom is -0.441 e. The lowest BCUT2D eigenvalue weighted by molar-refractivity contribution is -0.187. The molecule has 0 atom stereocenters. The van der Waals surface area contributed by atoms with Crippen molar-refractivity contribution in [2.45, 2.75) is 75.9 Å². The number of hydrogen-bond donors (Lipinski definition) is 0. The number of nitrogens with zero attached hydrogens (tertiary/aromatic N) is 4. The highest BCUT2D eigenvalue weighted by molar-refractivity contribution is 5.79. The Kier molecular flexibility index (Phi) is 8.46. The molecule has 4 fully saturated rings. The average Bonchev–Trinajstić information content (AvgIpc) is 3.23. The summed E-state index contributed by atoms with van der Waals surface area (Å²) >= 11 is 0. The van der Waals surface area contributed by atoms with Crippen LogP contribution >= 0.6 is 0 Å². The zero-order chi connectivity index (χ0) is 29.4. The first kappa shape index (κ1) is 29.9. The van der Waals surface area contributed by atoms with E-state index in [0.717, 1.165) is 18.9 Å². The van der Waals surface area contributed by atoms with E-state index in [0.29, 0.717) is 64.0 Å². The van der Waals surface area contributed by atoms with E-state index in [4.69, 9.17) is 4.74 Å². The van der Waals surface area contributed by atoms with Gasteiger partial charge in [-0.25, -0.2) is 4.79 Å². The molecule has 4 heterocycles. The van der Waals surface area contributed by atoms with E-state index in [-0.39, 0.29) is 49.8 Å². The van der Waals surface area contributed by atoms with Gasteiger partial charge in [0.25, 0.3) is 0 Å². The number of alkyl halides is 6. The average molecular weight is 591 g/mol. The van der Waals surface area contributed by atoms with Crippen LogP contribution in [0.4, 0.5) is 31.1 Å². The van der Waals surface area contributed by atoms with Gasteiger partial charge in [0.1, 0.15) is 11.3 Å². The fourth-order valence-corrected chi connectivity index (χ4v) is 6.75. The number of pyridine rings is 1. The SMILES string of the molecule is O=C1OC2(CCN(Cc3ccc(C(F)(F)F)nc3)CC2)CN1C[C@H]1CC[C@H](C(=O)N2CCC(C(F)(F)F)CC2)CC1. The first-order chi connectivity index (χ1) is 19.3. The molecule has 0 radical (unpaired) electrons. The Labute approximate surface area is 235 Å². The summed E-state index contributed by atoms with van der Waals surface area (Å²) in [7, 11) is 0. The third-order valence-electron chi connectivity index (χ3n) is 9.27. The minimum absolute atomic E-state index is 0.0343. The van der Waals surface area contributed by atoms with Crippen LogP contribution in [-0.2, 0) is 22.3 Å². The van der Waals surface area contributed by atoms with Gasteiger partial charge < -0.3 is 14.5 Å². The number of rotatable bonds is 5. The molecule has 0 aromatic carbocycles. The quantitative estimate of drug-likeness (QED) is 0.425. The first-order valence-corrected chi connectivity index (χ1v) is 14.4. The van der Waals surface area contributed by atoms with Crippen molar-refractivity contribution in [1.82, 2.24) is 19.7 Å². The minimum atomic E-state index is -4.47. The van der Waals surface area contributed by atoms with E-state index >= 15 is 0 Å². The molecule has 1 aliphatic carbocycles. The lowest BCUT2D eigenvalue weighted by Gasteiger charge is -2.38. The molecule has 0 unspecified atom stereocenters. The van der Waals surface area contributed by atoms with Crippen molar-refractivity contribution in [3.8, 4) is 0 Å². The Balaban J connectivity index is 1.04.